The van der Waals surface area contributed by atoms with Crippen molar-refractivity contribution >= 4 is 40.8 Å². The minimum absolute atomic E-state index is 0.0306. The number of carbonyl (C=O) groups excluding carboxylic acids is 3. The van der Waals surface area contributed by atoms with Gasteiger partial charge in [-0.15, -0.1) is 0 Å². The van der Waals surface area contributed by atoms with Crippen molar-refractivity contribution in [3.63, 3.8) is 0 Å². The Bertz CT molecular complexity index is 1230. The summed E-state index contributed by atoms with van der Waals surface area (Å²) in [6.07, 6.45) is 0. The van der Waals surface area contributed by atoms with E-state index in [-0.39, 0.29) is 51.4 Å². The lowest BCUT2D eigenvalue weighted by molar-refractivity contribution is -0.384. The molecule has 3 aromatic rings. The number of nitrogens with zero attached hydrogens (tertiary/aromatic N) is 1. The molecule has 0 saturated carbocycles. The molecular formula is C22H17ClN2O9. The van der Waals surface area contributed by atoms with E-state index in [1.54, 1.807) is 0 Å². The monoisotopic (exact) mass is 488 g/mol. The number of nitro benzene ring substituents is 1. The summed E-state index contributed by atoms with van der Waals surface area (Å²) < 4.78 is 20.3. The second-order valence-corrected chi connectivity index (χ2v) is 7.07. The maximum Gasteiger partial charge on any atom is 0.337 e. The molecule has 0 unspecified atom stereocenters. The number of non-ortho nitro benzene ring substituents is 1. The molecule has 0 bridgehead atoms. The number of ether oxygens (including phenoxy) is 3. The Morgan fingerprint density at radius 1 is 1.00 bits per heavy atom. The van der Waals surface area contributed by atoms with Gasteiger partial charge in [0.25, 0.3) is 11.6 Å². The lowest BCUT2D eigenvalue weighted by Gasteiger charge is -2.09. The Balaban J connectivity index is 1.73. The van der Waals surface area contributed by atoms with Crippen molar-refractivity contribution in [3.8, 4) is 5.75 Å². The number of hydrogen-bond acceptors (Lipinski definition) is 9. The zero-order valence-electron chi connectivity index (χ0n) is 17.8. The summed E-state index contributed by atoms with van der Waals surface area (Å²) in [6.45, 7) is -0.154. The lowest BCUT2D eigenvalue weighted by Crippen LogP contribution is -2.13. The number of benzene rings is 2. The highest BCUT2D eigenvalue weighted by Gasteiger charge is 2.18. The standard InChI is InChI=1S/C22H17ClN2O9/c1-31-21(27)12-7-13(22(28)32-2)9-14(8-12)24-20(26)18-6-4-16(34-18)11-33-19-10-15(25(29)30)3-5-17(19)23/h3-10H,11H2,1-2H3,(H,24,26). The van der Waals surface area contributed by atoms with Crippen molar-refractivity contribution in [2.24, 2.45) is 0 Å². The van der Waals surface area contributed by atoms with Crippen molar-refractivity contribution in [1.82, 2.24) is 0 Å². The number of amides is 1. The molecule has 2 aromatic carbocycles. The Hall–Kier alpha value is -4.38. The molecule has 1 aromatic heterocycles. The molecule has 0 radical (unpaired) electrons. The number of furan rings is 1. The maximum atomic E-state index is 12.6. The number of rotatable bonds is 8. The van der Waals surface area contributed by atoms with Crippen molar-refractivity contribution < 1.29 is 37.9 Å². The Labute approximate surface area is 197 Å². The highest BCUT2D eigenvalue weighted by Crippen LogP contribution is 2.29. The van der Waals surface area contributed by atoms with Crippen LogP contribution in [0.3, 0.4) is 0 Å². The first-order chi connectivity index (χ1) is 16.2. The predicted molar refractivity (Wildman–Crippen MR) is 118 cm³/mol. The minimum atomic E-state index is -0.710. The molecule has 11 nitrogen and oxygen atoms in total. The highest BCUT2D eigenvalue weighted by atomic mass is 35.5. The van der Waals surface area contributed by atoms with Crippen LogP contribution in [0.25, 0.3) is 0 Å². The fourth-order valence-electron chi connectivity index (χ4n) is 2.81. The van der Waals surface area contributed by atoms with Crippen LogP contribution in [0, 0.1) is 10.1 Å². The van der Waals surface area contributed by atoms with Gasteiger partial charge in [-0.25, -0.2) is 9.59 Å². The van der Waals surface area contributed by atoms with Crippen molar-refractivity contribution in [2.45, 2.75) is 6.61 Å². The molecule has 1 heterocycles. The van der Waals surface area contributed by atoms with E-state index in [0.717, 1.165) is 0 Å². The van der Waals surface area contributed by atoms with E-state index in [0.29, 0.717) is 0 Å². The highest BCUT2D eigenvalue weighted by molar-refractivity contribution is 6.32. The minimum Gasteiger partial charge on any atom is -0.484 e. The van der Waals surface area contributed by atoms with Crippen LogP contribution < -0.4 is 10.1 Å². The lowest BCUT2D eigenvalue weighted by atomic mass is 10.1. The van der Waals surface area contributed by atoms with Crippen LogP contribution >= 0.6 is 11.6 Å². The molecule has 1 N–H and O–H groups in total. The molecule has 0 saturated heterocycles. The van der Waals surface area contributed by atoms with E-state index in [4.69, 9.17) is 20.8 Å². The molecule has 1 amide bonds. The molecule has 0 aliphatic heterocycles. The number of esters is 2. The number of carbonyl (C=O) groups is 3. The molecule has 0 atom stereocenters. The van der Waals surface area contributed by atoms with Crippen LogP contribution in [-0.4, -0.2) is 37.0 Å². The summed E-state index contributed by atoms with van der Waals surface area (Å²) in [6, 6.07) is 10.5. The molecule has 0 aliphatic rings. The normalized spacial score (nSPS) is 10.3. The van der Waals surface area contributed by atoms with Crippen LogP contribution in [0.4, 0.5) is 11.4 Å². The Morgan fingerprint density at radius 2 is 1.65 bits per heavy atom. The van der Waals surface area contributed by atoms with Crippen LogP contribution in [-0.2, 0) is 16.1 Å². The van der Waals surface area contributed by atoms with E-state index in [1.807, 2.05) is 0 Å². The fraction of sp³-hybridized carbons (Fsp3) is 0.136. The number of nitrogens with one attached hydrogen (secondary N) is 1. The van der Waals surface area contributed by atoms with E-state index in [1.165, 1.54) is 62.8 Å². The first-order valence-corrected chi connectivity index (χ1v) is 9.88. The maximum absolute atomic E-state index is 12.6. The van der Waals surface area contributed by atoms with Gasteiger partial charge in [0.05, 0.1) is 41.4 Å². The van der Waals surface area contributed by atoms with Crippen molar-refractivity contribution in [1.29, 1.82) is 0 Å². The topological polar surface area (TPSA) is 147 Å². The second kappa shape index (κ2) is 10.5. The fourth-order valence-corrected chi connectivity index (χ4v) is 2.98. The predicted octanol–water partition coefficient (Wildman–Crippen LogP) is 4.25. The number of halogens is 1. The van der Waals surface area contributed by atoms with E-state index in [2.05, 4.69) is 14.8 Å². The second-order valence-electron chi connectivity index (χ2n) is 6.66. The summed E-state index contributed by atoms with van der Waals surface area (Å²) in [5.41, 5.74) is -0.00330. The Morgan fingerprint density at radius 3 is 2.24 bits per heavy atom. The largest absolute Gasteiger partial charge is 0.484 e. The van der Waals surface area contributed by atoms with Gasteiger partial charge in [0.15, 0.2) is 5.76 Å². The number of methoxy groups -OCH3 is 2. The Kier molecular flexibility index (Phi) is 7.49. The summed E-state index contributed by atoms with van der Waals surface area (Å²) in [7, 11) is 2.36. The van der Waals surface area contributed by atoms with Crippen molar-refractivity contribution in [2.75, 3.05) is 19.5 Å². The molecule has 0 aliphatic carbocycles. The van der Waals surface area contributed by atoms with E-state index >= 15 is 0 Å². The third kappa shape index (κ3) is 5.70. The summed E-state index contributed by atoms with van der Waals surface area (Å²) in [5, 5.41) is 13.6. The summed E-state index contributed by atoms with van der Waals surface area (Å²) >= 11 is 6.00. The first kappa shape index (κ1) is 24.3. The summed E-state index contributed by atoms with van der Waals surface area (Å²) in [4.78, 5) is 46.7. The average molecular weight is 489 g/mol. The van der Waals surface area contributed by atoms with Crippen LogP contribution in [0.1, 0.15) is 37.0 Å². The summed E-state index contributed by atoms with van der Waals surface area (Å²) in [5.74, 6) is -1.86. The van der Waals surface area contributed by atoms with Gasteiger partial charge in [-0.2, -0.15) is 0 Å². The smallest absolute Gasteiger partial charge is 0.337 e. The third-order valence-electron chi connectivity index (χ3n) is 4.41. The molecule has 34 heavy (non-hydrogen) atoms. The van der Waals surface area contributed by atoms with Gasteiger partial charge in [-0.3, -0.25) is 14.9 Å². The van der Waals surface area contributed by atoms with Gasteiger partial charge in [0.2, 0.25) is 0 Å². The van der Waals surface area contributed by atoms with Crippen LogP contribution in [0.5, 0.6) is 5.75 Å². The quantitative estimate of drug-likeness (QED) is 0.279. The molecular weight excluding hydrogens is 472 g/mol. The number of hydrogen-bond donors (Lipinski definition) is 1. The van der Waals surface area contributed by atoms with Gasteiger partial charge in [-0.05, 0) is 36.4 Å². The molecule has 12 heteroatoms. The zero-order chi connectivity index (χ0) is 24.8. The van der Waals surface area contributed by atoms with Crippen LogP contribution in [0.15, 0.2) is 52.9 Å². The van der Waals surface area contributed by atoms with Gasteiger partial charge < -0.3 is 23.9 Å². The molecule has 176 valence electrons. The van der Waals surface area contributed by atoms with E-state index in [9.17, 15) is 24.5 Å². The SMILES string of the molecule is COC(=O)c1cc(NC(=O)c2ccc(COc3cc([N+](=O)[O-])ccc3Cl)o2)cc(C(=O)OC)c1. The number of anilines is 1. The van der Waals surface area contributed by atoms with Gasteiger partial charge >= 0.3 is 11.9 Å². The van der Waals surface area contributed by atoms with Crippen molar-refractivity contribution in [3.05, 3.63) is 86.3 Å². The zero-order valence-corrected chi connectivity index (χ0v) is 18.6. The van der Waals surface area contributed by atoms with Gasteiger partial charge in [-0.1, -0.05) is 11.6 Å². The molecule has 0 spiro atoms. The molecule has 0 fully saturated rings. The van der Waals surface area contributed by atoms with Crippen LogP contribution in [0.2, 0.25) is 5.02 Å². The van der Waals surface area contributed by atoms with Gasteiger partial charge in [0, 0.05) is 11.8 Å². The number of nitro groups is 1. The average Bonchev–Trinajstić information content (AvgIpc) is 3.31. The first-order valence-electron chi connectivity index (χ1n) is 9.50. The van der Waals surface area contributed by atoms with E-state index < -0.39 is 22.8 Å². The van der Waals surface area contributed by atoms with Gasteiger partial charge in [0.1, 0.15) is 18.1 Å². The third-order valence-corrected chi connectivity index (χ3v) is 4.73. The molecule has 3 rings (SSSR count).